The summed E-state index contributed by atoms with van der Waals surface area (Å²) in [6.45, 7) is 1.85. The van der Waals surface area contributed by atoms with Crippen molar-refractivity contribution in [3.05, 3.63) is 35.0 Å². The third-order valence-electron chi connectivity index (χ3n) is 1.81. The zero-order valence-electron chi connectivity index (χ0n) is 7.62. The number of halogens is 1. The SMILES string of the molecule is Cc1cc(F)cc(-c2nc(N)cs2)c1. The van der Waals surface area contributed by atoms with Crippen molar-refractivity contribution in [2.24, 2.45) is 0 Å². The second-order valence-corrected chi connectivity index (χ2v) is 3.95. The van der Waals surface area contributed by atoms with E-state index in [4.69, 9.17) is 5.73 Å². The molecule has 0 saturated carbocycles. The van der Waals surface area contributed by atoms with Gasteiger partial charge in [-0.3, -0.25) is 0 Å². The summed E-state index contributed by atoms with van der Waals surface area (Å²) in [5.41, 5.74) is 7.16. The van der Waals surface area contributed by atoms with E-state index in [9.17, 15) is 4.39 Å². The van der Waals surface area contributed by atoms with Crippen LogP contribution in [0.5, 0.6) is 0 Å². The molecule has 2 rings (SSSR count). The van der Waals surface area contributed by atoms with Crippen molar-refractivity contribution in [1.82, 2.24) is 4.98 Å². The highest BCUT2D eigenvalue weighted by Gasteiger charge is 2.04. The molecule has 0 aliphatic carbocycles. The Bertz CT molecular complexity index is 445. The Balaban J connectivity index is 2.51. The number of aromatic nitrogens is 1. The zero-order chi connectivity index (χ0) is 10.1. The summed E-state index contributed by atoms with van der Waals surface area (Å²) < 4.78 is 13.1. The highest BCUT2D eigenvalue weighted by atomic mass is 32.1. The summed E-state index contributed by atoms with van der Waals surface area (Å²) in [7, 11) is 0. The van der Waals surface area contributed by atoms with Crippen LogP contribution in [0.15, 0.2) is 23.6 Å². The quantitative estimate of drug-likeness (QED) is 0.782. The summed E-state index contributed by atoms with van der Waals surface area (Å²) in [4.78, 5) is 4.09. The van der Waals surface area contributed by atoms with Crippen LogP contribution in [0.1, 0.15) is 5.56 Å². The first-order valence-corrected chi connectivity index (χ1v) is 5.02. The van der Waals surface area contributed by atoms with Crippen molar-refractivity contribution in [3.8, 4) is 10.6 Å². The number of benzene rings is 1. The van der Waals surface area contributed by atoms with Crippen molar-refractivity contribution in [1.29, 1.82) is 0 Å². The predicted molar refractivity (Wildman–Crippen MR) is 56.7 cm³/mol. The predicted octanol–water partition coefficient (Wildman–Crippen LogP) is 2.84. The van der Waals surface area contributed by atoms with Crippen molar-refractivity contribution < 1.29 is 4.39 Å². The fourth-order valence-corrected chi connectivity index (χ4v) is 1.98. The molecule has 2 aromatic rings. The van der Waals surface area contributed by atoms with Crippen molar-refractivity contribution in [2.75, 3.05) is 5.73 Å². The molecule has 0 saturated heterocycles. The van der Waals surface area contributed by atoms with Gasteiger partial charge in [-0.2, -0.15) is 0 Å². The van der Waals surface area contributed by atoms with Gasteiger partial charge in [0.2, 0.25) is 0 Å². The van der Waals surface area contributed by atoms with Crippen LogP contribution in [-0.2, 0) is 0 Å². The Hall–Kier alpha value is -1.42. The Morgan fingerprint density at radius 2 is 2.14 bits per heavy atom. The number of aryl methyl sites for hydroxylation is 1. The number of nitrogen functional groups attached to an aromatic ring is 1. The first kappa shape index (κ1) is 9.15. The molecule has 1 aromatic carbocycles. The molecular weight excluding hydrogens is 199 g/mol. The molecule has 72 valence electrons. The summed E-state index contributed by atoms with van der Waals surface area (Å²) in [5.74, 6) is 0.237. The summed E-state index contributed by atoms with van der Waals surface area (Å²) in [6, 6.07) is 4.84. The van der Waals surface area contributed by atoms with Crippen LogP contribution in [-0.4, -0.2) is 4.98 Å². The van der Waals surface area contributed by atoms with E-state index in [1.807, 2.05) is 13.0 Å². The standard InChI is InChI=1S/C10H9FN2S/c1-6-2-7(4-8(11)3-6)10-13-9(12)5-14-10/h2-5H,12H2,1H3. The molecule has 2 nitrogen and oxygen atoms in total. The molecule has 1 aromatic heterocycles. The fraction of sp³-hybridized carbons (Fsp3) is 0.100. The van der Waals surface area contributed by atoms with Gasteiger partial charge in [0.1, 0.15) is 16.6 Å². The highest BCUT2D eigenvalue weighted by molar-refractivity contribution is 7.13. The van der Waals surface area contributed by atoms with E-state index in [1.54, 1.807) is 5.38 Å². The van der Waals surface area contributed by atoms with Crippen molar-refractivity contribution in [3.63, 3.8) is 0 Å². The van der Waals surface area contributed by atoms with Crippen LogP contribution >= 0.6 is 11.3 Å². The number of hydrogen-bond acceptors (Lipinski definition) is 3. The van der Waals surface area contributed by atoms with Gasteiger partial charge in [0.05, 0.1) is 0 Å². The lowest BCUT2D eigenvalue weighted by Gasteiger charge is -1.98. The van der Waals surface area contributed by atoms with E-state index in [-0.39, 0.29) is 5.82 Å². The van der Waals surface area contributed by atoms with Crippen LogP contribution < -0.4 is 5.73 Å². The van der Waals surface area contributed by atoms with Gasteiger partial charge in [-0.1, -0.05) is 0 Å². The lowest BCUT2D eigenvalue weighted by Crippen LogP contribution is -1.85. The molecule has 0 unspecified atom stereocenters. The Kier molecular flexibility index (Phi) is 2.21. The molecule has 0 bridgehead atoms. The lowest BCUT2D eigenvalue weighted by atomic mass is 10.1. The second kappa shape index (κ2) is 3.38. The van der Waals surface area contributed by atoms with Crippen LogP contribution in [0.3, 0.4) is 0 Å². The summed E-state index contributed by atoms with van der Waals surface area (Å²) in [5, 5.41) is 2.50. The number of anilines is 1. The Morgan fingerprint density at radius 3 is 2.71 bits per heavy atom. The van der Waals surface area contributed by atoms with Crippen molar-refractivity contribution in [2.45, 2.75) is 6.92 Å². The number of hydrogen-bond donors (Lipinski definition) is 1. The normalized spacial score (nSPS) is 10.4. The minimum absolute atomic E-state index is 0.242. The van der Waals surface area contributed by atoms with Crippen LogP contribution in [0.4, 0.5) is 10.2 Å². The molecule has 14 heavy (non-hydrogen) atoms. The average Bonchev–Trinajstić information content (AvgIpc) is 2.50. The smallest absolute Gasteiger partial charge is 0.135 e. The third-order valence-corrected chi connectivity index (χ3v) is 2.72. The third kappa shape index (κ3) is 1.75. The van der Waals surface area contributed by atoms with Crippen LogP contribution in [0.2, 0.25) is 0 Å². The van der Waals surface area contributed by atoms with E-state index in [2.05, 4.69) is 4.98 Å². The first-order valence-electron chi connectivity index (χ1n) is 4.14. The van der Waals surface area contributed by atoms with E-state index < -0.39 is 0 Å². The molecule has 0 aliphatic heterocycles. The topological polar surface area (TPSA) is 38.9 Å². The van der Waals surface area contributed by atoms with E-state index in [0.717, 1.165) is 16.1 Å². The van der Waals surface area contributed by atoms with Gasteiger partial charge in [-0.15, -0.1) is 11.3 Å². The largest absolute Gasteiger partial charge is 0.383 e. The van der Waals surface area contributed by atoms with Gasteiger partial charge in [0, 0.05) is 10.9 Å². The van der Waals surface area contributed by atoms with Gasteiger partial charge in [0.15, 0.2) is 0 Å². The van der Waals surface area contributed by atoms with Crippen molar-refractivity contribution >= 4 is 17.2 Å². The number of nitrogens with two attached hydrogens (primary N) is 1. The average molecular weight is 208 g/mol. The molecule has 4 heteroatoms. The fourth-order valence-electron chi connectivity index (χ4n) is 1.28. The molecule has 0 fully saturated rings. The maximum atomic E-state index is 13.1. The number of nitrogens with zero attached hydrogens (tertiary/aromatic N) is 1. The Labute approximate surface area is 85.2 Å². The lowest BCUT2D eigenvalue weighted by molar-refractivity contribution is 0.627. The molecule has 0 amide bonds. The highest BCUT2D eigenvalue weighted by Crippen LogP contribution is 2.26. The Morgan fingerprint density at radius 1 is 1.36 bits per heavy atom. The molecular formula is C10H9FN2S. The maximum absolute atomic E-state index is 13.1. The zero-order valence-corrected chi connectivity index (χ0v) is 8.44. The molecule has 1 heterocycles. The van der Waals surface area contributed by atoms with Crippen LogP contribution in [0.25, 0.3) is 10.6 Å². The number of rotatable bonds is 1. The molecule has 0 spiro atoms. The molecule has 0 atom stereocenters. The summed E-state index contributed by atoms with van der Waals surface area (Å²) in [6.07, 6.45) is 0. The molecule has 2 N–H and O–H groups in total. The van der Waals surface area contributed by atoms with Gasteiger partial charge in [-0.25, -0.2) is 9.37 Å². The monoisotopic (exact) mass is 208 g/mol. The second-order valence-electron chi connectivity index (χ2n) is 3.09. The van der Waals surface area contributed by atoms with E-state index in [1.165, 1.54) is 23.5 Å². The van der Waals surface area contributed by atoms with Gasteiger partial charge in [0.25, 0.3) is 0 Å². The van der Waals surface area contributed by atoms with E-state index >= 15 is 0 Å². The molecule has 0 aliphatic rings. The van der Waals surface area contributed by atoms with E-state index in [0.29, 0.717) is 5.82 Å². The molecule has 0 radical (unpaired) electrons. The van der Waals surface area contributed by atoms with Gasteiger partial charge < -0.3 is 5.73 Å². The number of thiazole rings is 1. The van der Waals surface area contributed by atoms with Gasteiger partial charge in [-0.05, 0) is 30.7 Å². The minimum Gasteiger partial charge on any atom is -0.383 e. The maximum Gasteiger partial charge on any atom is 0.135 e. The van der Waals surface area contributed by atoms with Crippen LogP contribution in [0, 0.1) is 12.7 Å². The first-order chi connectivity index (χ1) is 6.65. The minimum atomic E-state index is -0.242. The summed E-state index contributed by atoms with van der Waals surface area (Å²) >= 11 is 1.42. The van der Waals surface area contributed by atoms with Gasteiger partial charge >= 0.3 is 0 Å².